The molecule has 4 heteroatoms. The highest BCUT2D eigenvalue weighted by Gasteiger charge is 2.80. The molecular weight excluding hydrogens is 302 g/mol. The van der Waals surface area contributed by atoms with Gasteiger partial charge in [0.25, 0.3) is 0 Å². The molecule has 4 nitrogen and oxygen atoms in total. The van der Waals surface area contributed by atoms with Gasteiger partial charge in [-0.3, -0.25) is 4.79 Å². The molecular formula is C20H27NO3. The standard InChI is InChI=1S/C20H27NO3/c1-17-7-3-4-13(17)12-5-9-20-16(24-20)15(22)19(23,11-21)10-18(20,2)14(12)6-8-17/h12-14,16,23H,3-10H2,1-2H3/t12-,13-,14+,16?,17-,18+,19?,20?/m0/s1. The normalized spacial score (nSPS) is 61.2. The van der Waals surface area contributed by atoms with E-state index < -0.39 is 11.7 Å². The maximum Gasteiger partial charge on any atom is 0.213 e. The quantitative estimate of drug-likeness (QED) is 0.548. The molecule has 0 amide bonds. The van der Waals surface area contributed by atoms with Crippen molar-refractivity contribution in [1.29, 1.82) is 5.26 Å². The van der Waals surface area contributed by atoms with E-state index in [-0.39, 0.29) is 23.2 Å². The largest absolute Gasteiger partial charge is 0.369 e. The van der Waals surface area contributed by atoms with Crippen LogP contribution in [-0.4, -0.2) is 28.2 Å². The fraction of sp³-hybridized carbons (Fsp3) is 0.900. The average molecular weight is 329 g/mol. The predicted molar refractivity (Wildman–Crippen MR) is 86.8 cm³/mol. The third-order valence-electron chi connectivity index (χ3n) is 9.00. The van der Waals surface area contributed by atoms with Crippen molar-refractivity contribution in [1.82, 2.24) is 0 Å². The van der Waals surface area contributed by atoms with Gasteiger partial charge in [-0.05, 0) is 61.7 Å². The Morgan fingerprint density at radius 2 is 1.96 bits per heavy atom. The smallest absolute Gasteiger partial charge is 0.213 e. The maximum atomic E-state index is 12.5. The second-order valence-electron chi connectivity index (χ2n) is 9.82. The van der Waals surface area contributed by atoms with Crippen molar-refractivity contribution >= 4 is 5.78 Å². The highest BCUT2D eigenvalue weighted by molar-refractivity contribution is 5.98. The van der Waals surface area contributed by atoms with E-state index in [4.69, 9.17) is 4.74 Å². The van der Waals surface area contributed by atoms with Gasteiger partial charge in [0.05, 0.1) is 0 Å². The topological polar surface area (TPSA) is 73.6 Å². The number of hydrogen-bond donors (Lipinski definition) is 1. The molecule has 1 saturated heterocycles. The highest BCUT2D eigenvalue weighted by Crippen LogP contribution is 2.73. The maximum absolute atomic E-state index is 12.5. The molecule has 5 rings (SSSR count). The first kappa shape index (κ1) is 15.3. The lowest BCUT2D eigenvalue weighted by molar-refractivity contribution is -0.154. The molecule has 0 bridgehead atoms. The van der Waals surface area contributed by atoms with E-state index in [0.29, 0.717) is 17.3 Å². The van der Waals surface area contributed by atoms with Gasteiger partial charge in [-0.15, -0.1) is 0 Å². The van der Waals surface area contributed by atoms with Crippen LogP contribution in [0.4, 0.5) is 0 Å². The summed E-state index contributed by atoms with van der Waals surface area (Å²) in [5.74, 6) is 1.53. The molecule has 24 heavy (non-hydrogen) atoms. The van der Waals surface area contributed by atoms with Crippen molar-refractivity contribution in [2.45, 2.75) is 82.5 Å². The van der Waals surface area contributed by atoms with Crippen LogP contribution >= 0.6 is 0 Å². The summed E-state index contributed by atoms with van der Waals surface area (Å²) >= 11 is 0. The Bertz CT molecular complexity index is 670. The van der Waals surface area contributed by atoms with Crippen LogP contribution in [0.3, 0.4) is 0 Å². The second-order valence-corrected chi connectivity index (χ2v) is 9.82. The number of carbonyl (C=O) groups excluding carboxylic acids is 1. The summed E-state index contributed by atoms with van der Waals surface area (Å²) in [6.07, 6.45) is 8.20. The Hall–Kier alpha value is -0.920. The molecule has 0 radical (unpaired) electrons. The van der Waals surface area contributed by atoms with Gasteiger partial charge in [0.15, 0.2) is 6.10 Å². The van der Waals surface area contributed by atoms with Gasteiger partial charge in [-0.2, -0.15) is 5.26 Å². The SMILES string of the molecule is C[C@@]12CCC[C@H]1[C@@H]1CCC34OC3C(=O)C(O)(C#N)C[C@]4(C)[C@@H]1CC2. The monoisotopic (exact) mass is 329 g/mol. The average Bonchev–Trinajstić information content (AvgIpc) is 3.16. The molecule has 5 aliphatic rings. The molecule has 130 valence electrons. The Morgan fingerprint density at radius 1 is 1.17 bits per heavy atom. The minimum Gasteiger partial charge on any atom is -0.369 e. The van der Waals surface area contributed by atoms with E-state index in [1.807, 2.05) is 6.07 Å². The summed E-state index contributed by atoms with van der Waals surface area (Å²) in [5, 5.41) is 20.2. The molecule has 1 aliphatic heterocycles. The van der Waals surface area contributed by atoms with Gasteiger partial charge in [0.1, 0.15) is 11.7 Å². The van der Waals surface area contributed by atoms with E-state index in [9.17, 15) is 15.2 Å². The van der Waals surface area contributed by atoms with Gasteiger partial charge in [-0.25, -0.2) is 0 Å². The van der Waals surface area contributed by atoms with Crippen LogP contribution in [0, 0.1) is 39.9 Å². The van der Waals surface area contributed by atoms with E-state index in [2.05, 4.69) is 13.8 Å². The minimum atomic E-state index is -1.85. The molecule has 4 saturated carbocycles. The Balaban J connectivity index is 1.56. The fourth-order valence-electron chi connectivity index (χ4n) is 7.73. The van der Waals surface area contributed by atoms with Crippen LogP contribution in [0.5, 0.6) is 0 Å². The van der Waals surface area contributed by atoms with E-state index >= 15 is 0 Å². The highest BCUT2D eigenvalue weighted by atomic mass is 16.6. The van der Waals surface area contributed by atoms with Crippen molar-refractivity contribution in [3.63, 3.8) is 0 Å². The number of ether oxygens (including phenoxy) is 1. The number of Topliss-reactive ketones (excluding diaryl/α,β-unsaturated/α-hetero) is 1. The van der Waals surface area contributed by atoms with Crippen LogP contribution in [0.15, 0.2) is 0 Å². The minimum absolute atomic E-state index is 0.247. The molecule has 8 atom stereocenters. The van der Waals surface area contributed by atoms with Crippen molar-refractivity contribution in [2.24, 2.45) is 28.6 Å². The van der Waals surface area contributed by atoms with E-state index in [1.54, 1.807) is 0 Å². The van der Waals surface area contributed by atoms with Crippen molar-refractivity contribution < 1.29 is 14.6 Å². The Kier molecular flexibility index (Phi) is 2.71. The van der Waals surface area contributed by atoms with Gasteiger partial charge >= 0.3 is 0 Å². The number of hydrogen-bond acceptors (Lipinski definition) is 4. The molecule has 3 unspecified atom stereocenters. The first-order valence-corrected chi connectivity index (χ1v) is 9.66. The summed E-state index contributed by atoms with van der Waals surface area (Å²) in [5.41, 5.74) is -2.00. The van der Waals surface area contributed by atoms with Crippen LogP contribution in [0.2, 0.25) is 0 Å². The Morgan fingerprint density at radius 3 is 2.71 bits per heavy atom. The number of epoxide rings is 1. The van der Waals surface area contributed by atoms with E-state index in [0.717, 1.165) is 25.2 Å². The van der Waals surface area contributed by atoms with Crippen LogP contribution < -0.4 is 0 Å². The number of fused-ring (bicyclic) bond motifs is 4. The summed E-state index contributed by atoms with van der Waals surface area (Å²) < 4.78 is 6.01. The summed E-state index contributed by atoms with van der Waals surface area (Å²) in [4.78, 5) is 12.5. The van der Waals surface area contributed by atoms with Crippen LogP contribution in [0.25, 0.3) is 0 Å². The lowest BCUT2D eigenvalue weighted by Gasteiger charge is -2.59. The molecule has 0 aromatic carbocycles. The lowest BCUT2D eigenvalue weighted by Crippen LogP contribution is -2.63. The molecule has 0 aromatic rings. The third kappa shape index (κ3) is 1.51. The zero-order chi connectivity index (χ0) is 17.0. The molecule has 1 heterocycles. The summed E-state index contributed by atoms with van der Waals surface area (Å²) in [7, 11) is 0. The van der Waals surface area contributed by atoms with Crippen molar-refractivity contribution in [3.05, 3.63) is 0 Å². The molecule has 0 aromatic heterocycles. The first-order valence-electron chi connectivity index (χ1n) is 9.66. The van der Waals surface area contributed by atoms with E-state index in [1.165, 1.54) is 25.7 Å². The third-order valence-corrected chi connectivity index (χ3v) is 9.00. The number of rotatable bonds is 0. The molecule has 5 fully saturated rings. The Labute approximate surface area is 143 Å². The number of ketones is 1. The first-order chi connectivity index (χ1) is 11.3. The number of carbonyl (C=O) groups is 1. The van der Waals surface area contributed by atoms with Gasteiger partial charge in [0.2, 0.25) is 11.4 Å². The summed E-state index contributed by atoms with van der Waals surface area (Å²) in [6.45, 7) is 4.68. The lowest BCUT2D eigenvalue weighted by atomic mass is 9.44. The van der Waals surface area contributed by atoms with Gasteiger partial charge < -0.3 is 9.84 Å². The van der Waals surface area contributed by atoms with Crippen LogP contribution in [-0.2, 0) is 9.53 Å². The van der Waals surface area contributed by atoms with Crippen LogP contribution in [0.1, 0.15) is 65.2 Å². The fourth-order valence-corrected chi connectivity index (χ4v) is 7.73. The second kappa shape index (κ2) is 4.24. The summed E-state index contributed by atoms with van der Waals surface area (Å²) in [6, 6.07) is 1.92. The number of nitriles is 1. The van der Waals surface area contributed by atoms with Crippen molar-refractivity contribution in [3.8, 4) is 6.07 Å². The zero-order valence-electron chi connectivity index (χ0n) is 14.7. The molecule has 1 spiro atoms. The number of nitrogens with zero attached hydrogens (tertiary/aromatic N) is 1. The molecule has 1 N–H and O–H groups in total. The predicted octanol–water partition coefficient (Wildman–Crippen LogP) is 2.98. The zero-order valence-corrected chi connectivity index (χ0v) is 14.7. The molecule has 4 aliphatic carbocycles. The van der Waals surface area contributed by atoms with Gasteiger partial charge in [0, 0.05) is 11.8 Å². The van der Waals surface area contributed by atoms with Crippen molar-refractivity contribution in [2.75, 3.05) is 0 Å². The van der Waals surface area contributed by atoms with Gasteiger partial charge in [-0.1, -0.05) is 20.3 Å². The number of aliphatic hydroxyl groups is 1.